The molecule has 0 saturated carbocycles. The van der Waals surface area contributed by atoms with Crippen molar-refractivity contribution in [2.45, 2.75) is 89.6 Å². The Morgan fingerprint density at radius 2 is 1.12 bits per heavy atom. The molecule has 5 atom stereocenters. The fourth-order valence-electron chi connectivity index (χ4n) is 2.84. The summed E-state index contributed by atoms with van der Waals surface area (Å²) in [5.74, 6) is 0. The molecule has 0 aromatic heterocycles. The fourth-order valence-corrected chi connectivity index (χ4v) is 6.09. The number of methoxy groups -OCH3 is 1. The molecule has 1 heterocycles. The predicted octanol–water partition coefficient (Wildman–Crippen LogP) is 3.01. The fraction of sp³-hybridized carbons (Fsp3) is 1.00. The number of hydrogen-bond acceptors (Lipinski definition) is 6. The lowest BCUT2D eigenvalue weighted by molar-refractivity contribution is -0.284. The summed E-state index contributed by atoms with van der Waals surface area (Å²) in [7, 11) is -4.04. The normalized spacial score (nSPS) is 32.0. The third kappa shape index (κ3) is 7.89. The van der Waals surface area contributed by atoms with E-state index in [9.17, 15) is 5.11 Å². The standard InChI is InChI=1S/C16H38O6Si3/c1-18-16-15(22-25(8,9)10)14(21-24(5,6)7)13(12(11-17)19-16)20-23(2,3)4/h12-17H,11H2,1-10H3/t12-,13-,14+,15+,16+/m1/s1. The second-order valence-electron chi connectivity index (χ2n) is 9.55. The Labute approximate surface area is 156 Å². The third-order valence-electron chi connectivity index (χ3n) is 3.47. The van der Waals surface area contributed by atoms with Crippen LogP contribution in [0.15, 0.2) is 0 Å². The van der Waals surface area contributed by atoms with E-state index in [1.807, 2.05) is 0 Å². The molecule has 150 valence electrons. The van der Waals surface area contributed by atoms with Gasteiger partial charge in [-0.1, -0.05) is 0 Å². The molecule has 25 heavy (non-hydrogen) atoms. The van der Waals surface area contributed by atoms with Crippen LogP contribution in [0.1, 0.15) is 0 Å². The van der Waals surface area contributed by atoms with Gasteiger partial charge < -0.3 is 27.9 Å². The highest BCUT2D eigenvalue weighted by Gasteiger charge is 2.51. The van der Waals surface area contributed by atoms with Crippen LogP contribution in [0.25, 0.3) is 0 Å². The lowest BCUT2D eigenvalue weighted by Gasteiger charge is -2.50. The molecule has 1 aliphatic rings. The van der Waals surface area contributed by atoms with Crippen LogP contribution in [0.5, 0.6) is 0 Å². The zero-order valence-electron chi connectivity index (χ0n) is 17.6. The van der Waals surface area contributed by atoms with Crippen molar-refractivity contribution in [2.75, 3.05) is 13.7 Å². The summed E-state index contributed by atoms with van der Waals surface area (Å²) < 4.78 is 30.9. The number of aliphatic hydroxyl groups excluding tert-OH is 1. The van der Waals surface area contributed by atoms with Gasteiger partial charge in [-0.15, -0.1) is 0 Å². The highest BCUT2D eigenvalue weighted by Crippen LogP contribution is 2.33. The second-order valence-corrected chi connectivity index (χ2v) is 22.9. The number of hydrogen-bond donors (Lipinski definition) is 1. The molecule has 6 nitrogen and oxygen atoms in total. The van der Waals surface area contributed by atoms with Crippen LogP contribution in [-0.2, 0) is 22.8 Å². The quantitative estimate of drug-likeness (QED) is 0.621. The zero-order chi connectivity index (χ0) is 19.6. The van der Waals surface area contributed by atoms with Gasteiger partial charge in [-0.2, -0.15) is 0 Å². The average Bonchev–Trinajstić information content (AvgIpc) is 2.38. The van der Waals surface area contributed by atoms with Crippen LogP contribution < -0.4 is 0 Å². The molecule has 0 aromatic carbocycles. The summed E-state index contributed by atoms with van der Waals surface area (Å²) >= 11 is 0. The monoisotopic (exact) mass is 410 g/mol. The maximum atomic E-state index is 9.89. The van der Waals surface area contributed by atoms with Gasteiger partial charge in [0.2, 0.25) is 0 Å². The molecule has 0 amide bonds. The molecule has 1 aliphatic heterocycles. The van der Waals surface area contributed by atoms with Crippen molar-refractivity contribution >= 4 is 25.0 Å². The van der Waals surface area contributed by atoms with E-state index in [-0.39, 0.29) is 24.9 Å². The van der Waals surface area contributed by atoms with Gasteiger partial charge in [0.25, 0.3) is 0 Å². The van der Waals surface area contributed by atoms with Crippen LogP contribution in [0.4, 0.5) is 0 Å². The van der Waals surface area contributed by atoms with Crippen LogP contribution in [-0.4, -0.2) is 74.5 Å². The number of aliphatic hydroxyl groups is 1. The Morgan fingerprint density at radius 1 is 0.720 bits per heavy atom. The minimum absolute atomic E-state index is 0.139. The summed E-state index contributed by atoms with van der Waals surface area (Å²) in [4.78, 5) is 0. The first-order valence-electron chi connectivity index (χ1n) is 8.99. The Balaban J connectivity index is 3.27. The van der Waals surface area contributed by atoms with Gasteiger partial charge in [0, 0.05) is 7.11 Å². The minimum Gasteiger partial charge on any atom is -0.409 e. The molecular formula is C16H38O6Si3. The van der Waals surface area contributed by atoms with Crippen molar-refractivity contribution in [3.05, 3.63) is 0 Å². The lowest BCUT2D eigenvalue weighted by atomic mass is 9.99. The Morgan fingerprint density at radius 3 is 1.48 bits per heavy atom. The molecule has 0 aliphatic carbocycles. The van der Waals surface area contributed by atoms with Crippen LogP contribution in [0, 0.1) is 0 Å². The minimum atomic E-state index is -1.89. The molecule has 0 spiro atoms. The van der Waals surface area contributed by atoms with E-state index in [4.69, 9.17) is 22.8 Å². The lowest BCUT2D eigenvalue weighted by Crippen LogP contribution is -2.66. The van der Waals surface area contributed by atoms with E-state index in [1.165, 1.54) is 0 Å². The summed E-state index contributed by atoms with van der Waals surface area (Å²) in [5, 5.41) is 9.89. The first-order chi connectivity index (χ1) is 11.2. The van der Waals surface area contributed by atoms with Crippen molar-refractivity contribution in [3.63, 3.8) is 0 Å². The largest absolute Gasteiger partial charge is 0.409 e. The average molecular weight is 411 g/mol. The van der Waals surface area contributed by atoms with Crippen molar-refractivity contribution in [2.24, 2.45) is 0 Å². The molecule has 1 fully saturated rings. The Bertz CT molecular complexity index is 386. The van der Waals surface area contributed by atoms with E-state index < -0.39 is 37.3 Å². The van der Waals surface area contributed by atoms with E-state index >= 15 is 0 Å². The summed E-state index contributed by atoms with van der Waals surface area (Å²) in [6, 6.07) is 0. The van der Waals surface area contributed by atoms with Gasteiger partial charge >= 0.3 is 0 Å². The summed E-state index contributed by atoms with van der Waals surface area (Å²) in [6.45, 7) is 19.1. The van der Waals surface area contributed by atoms with Crippen LogP contribution >= 0.6 is 0 Å². The molecule has 0 radical (unpaired) electrons. The smallest absolute Gasteiger partial charge is 0.185 e. The molecule has 1 saturated heterocycles. The van der Waals surface area contributed by atoms with E-state index in [0.29, 0.717) is 0 Å². The molecule has 1 N–H and O–H groups in total. The van der Waals surface area contributed by atoms with Crippen LogP contribution in [0.2, 0.25) is 58.9 Å². The van der Waals surface area contributed by atoms with E-state index in [1.54, 1.807) is 7.11 Å². The Kier molecular flexibility index (Phi) is 8.08. The highest BCUT2D eigenvalue weighted by atomic mass is 28.4. The van der Waals surface area contributed by atoms with Crippen molar-refractivity contribution < 1.29 is 27.9 Å². The Hall–Kier alpha value is 0.411. The van der Waals surface area contributed by atoms with Gasteiger partial charge in [0.05, 0.1) is 6.61 Å². The summed E-state index contributed by atoms with van der Waals surface area (Å²) in [5.41, 5.74) is 0. The first kappa shape index (κ1) is 23.5. The number of ether oxygens (including phenoxy) is 2. The van der Waals surface area contributed by atoms with E-state index in [2.05, 4.69) is 58.9 Å². The first-order valence-corrected chi connectivity index (χ1v) is 19.2. The molecule has 9 heteroatoms. The topological polar surface area (TPSA) is 66.4 Å². The number of rotatable bonds is 8. The van der Waals surface area contributed by atoms with Gasteiger partial charge in [-0.05, 0) is 58.9 Å². The maximum absolute atomic E-state index is 9.89. The third-order valence-corrected chi connectivity index (χ3v) is 6.41. The van der Waals surface area contributed by atoms with Crippen LogP contribution in [0.3, 0.4) is 0 Å². The molecule has 0 unspecified atom stereocenters. The zero-order valence-corrected chi connectivity index (χ0v) is 20.6. The predicted molar refractivity (Wildman–Crippen MR) is 107 cm³/mol. The van der Waals surface area contributed by atoms with Gasteiger partial charge in [-0.3, -0.25) is 0 Å². The SMILES string of the molecule is CO[C@H]1O[C@H](CO)[C@@H](O[Si](C)(C)C)[C@H](O[Si](C)(C)C)[C@@H]1O[Si](C)(C)C. The molecule has 1 rings (SSSR count). The summed E-state index contributed by atoms with van der Waals surface area (Å²) in [6.07, 6.45) is -2.11. The molecule has 0 bridgehead atoms. The molecular weight excluding hydrogens is 372 g/mol. The van der Waals surface area contributed by atoms with Gasteiger partial charge in [0.15, 0.2) is 31.2 Å². The second kappa shape index (κ2) is 8.61. The van der Waals surface area contributed by atoms with E-state index in [0.717, 1.165) is 0 Å². The van der Waals surface area contributed by atoms with Crippen molar-refractivity contribution in [3.8, 4) is 0 Å². The van der Waals surface area contributed by atoms with Gasteiger partial charge in [0.1, 0.15) is 24.4 Å². The van der Waals surface area contributed by atoms with Crippen molar-refractivity contribution in [1.82, 2.24) is 0 Å². The van der Waals surface area contributed by atoms with Gasteiger partial charge in [-0.25, -0.2) is 0 Å². The maximum Gasteiger partial charge on any atom is 0.185 e. The highest BCUT2D eigenvalue weighted by molar-refractivity contribution is 6.70. The van der Waals surface area contributed by atoms with Crippen molar-refractivity contribution in [1.29, 1.82) is 0 Å². The molecule has 0 aromatic rings.